The zero-order chi connectivity index (χ0) is 11.9. The monoisotopic (exact) mass is 216 g/mol. The van der Waals surface area contributed by atoms with Gasteiger partial charge in [-0.25, -0.2) is 0 Å². The van der Waals surface area contributed by atoms with E-state index in [1.807, 2.05) is 20.8 Å². The van der Waals surface area contributed by atoms with Crippen molar-refractivity contribution in [1.29, 1.82) is 0 Å². The summed E-state index contributed by atoms with van der Waals surface area (Å²) >= 11 is 0. The molecule has 0 radical (unpaired) electrons. The molecule has 1 N–H and O–H groups in total. The number of rotatable bonds is 7. The highest BCUT2D eigenvalue weighted by Crippen LogP contribution is 2.24. The smallest absolute Gasteiger partial charge is 0.317 e. The molecule has 0 saturated carbocycles. The molecule has 0 fully saturated rings. The molecule has 0 aliphatic carbocycles. The molecule has 0 heterocycles. The van der Waals surface area contributed by atoms with E-state index in [0.717, 1.165) is 25.7 Å². The fourth-order valence-corrected chi connectivity index (χ4v) is 1.72. The molecule has 15 heavy (non-hydrogen) atoms. The molecule has 0 saturated heterocycles. The van der Waals surface area contributed by atoms with Crippen LogP contribution in [0.4, 0.5) is 0 Å². The van der Waals surface area contributed by atoms with Crippen LogP contribution < -0.4 is 0 Å². The minimum Gasteiger partial charge on any atom is -0.481 e. The lowest BCUT2D eigenvalue weighted by molar-refractivity contribution is -0.163. The molecule has 0 bridgehead atoms. The predicted molar refractivity (Wildman–Crippen MR) is 56.6 cm³/mol. The van der Waals surface area contributed by atoms with Crippen molar-refractivity contribution in [1.82, 2.24) is 0 Å². The highest BCUT2D eigenvalue weighted by Gasteiger charge is 2.27. The van der Waals surface area contributed by atoms with Gasteiger partial charge in [0, 0.05) is 0 Å². The molecule has 0 rings (SSSR count). The van der Waals surface area contributed by atoms with Crippen LogP contribution in [0.25, 0.3) is 0 Å². The van der Waals surface area contributed by atoms with E-state index in [4.69, 9.17) is 9.84 Å². The molecule has 0 aliphatic heterocycles. The highest BCUT2D eigenvalue weighted by molar-refractivity contribution is 5.90. The average Bonchev–Trinajstić information content (AvgIpc) is 2.01. The van der Waals surface area contributed by atoms with E-state index in [2.05, 4.69) is 0 Å². The van der Waals surface area contributed by atoms with E-state index in [1.165, 1.54) is 0 Å². The molecule has 0 aromatic rings. The summed E-state index contributed by atoms with van der Waals surface area (Å²) in [4.78, 5) is 21.5. The van der Waals surface area contributed by atoms with Gasteiger partial charge in [0.1, 0.15) is 12.0 Å². The topological polar surface area (TPSA) is 63.6 Å². The summed E-state index contributed by atoms with van der Waals surface area (Å²) in [6.45, 7) is 5.89. The molecule has 0 aromatic carbocycles. The summed E-state index contributed by atoms with van der Waals surface area (Å²) in [6, 6.07) is 0. The molecule has 0 atom stereocenters. The minimum absolute atomic E-state index is 0.504. The number of ether oxygens (including phenoxy) is 1. The normalized spacial score (nSPS) is 11.1. The molecule has 4 heteroatoms. The Morgan fingerprint density at radius 1 is 1.20 bits per heavy atom. The quantitative estimate of drug-likeness (QED) is 0.524. The maximum absolute atomic E-state index is 11.2. The number of hydrogen-bond acceptors (Lipinski definition) is 3. The van der Waals surface area contributed by atoms with Crippen molar-refractivity contribution in [3.8, 4) is 0 Å². The van der Waals surface area contributed by atoms with E-state index < -0.39 is 24.0 Å². The first kappa shape index (κ1) is 13.9. The molecule has 0 aliphatic rings. The largest absolute Gasteiger partial charge is 0.481 e. The summed E-state index contributed by atoms with van der Waals surface area (Å²) in [5.41, 5.74) is -0.504. The fraction of sp³-hybridized carbons (Fsp3) is 0.818. The molecule has 88 valence electrons. The molecular weight excluding hydrogens is 196 g/mol. The Bertz CT molecular complexity index is 217. The van der Waals surface area contributed by atoms with Gasteiger partial charge >= 0.3 is 11.9 Å². The molecular formula is C11H20O4. The Hall–Kier alpha value is -1.06. The first-order valence-electron chi connectivity index (χ1n) is 5.37. The summed E-state index contributed by atoms with van der Waals surface area (Å²) < 4.78 is 5.21. The van der Waals surface area contributed by atoms with Crippen molar-refractivity contribution in [3.63, 3.8) is 0 Å². The van der Waals surface area contributed by atoms with E-state index >= 15 is 0 Å². The summed E-state index contributed by atoms with van der Waals surface area (Å²) in [5.74, 6) is -1.79. The Morgan fingerprint density at radius 2 is 1.67 bits per heavy atom. The lowest BCUT2D eigenvalue weighted by atomic mass is 9.95. The van der Waals surface area contributed by atoms with E-state index in [1.54, 1.807) is 0 Å². The third-order valence-corrected chi connectivity index (χ3v) is 2.21. The van der Waals surface area contributed by atoms with Crippen molar-refractivity contribution in [3.05, 3.63) is 0 Å². The number of carbonyl (C=O) groups excluding carboxylic acids is 1. The van der Waals surface area contributed by atoms with Gasteiger partial charge in [-0.05, 0) is 19.8 Å². The van der Waals surface area contributed by atoms with E-state index in [9.17, 15) is 9.59 Å². The Kier molecular flexibility index (Phi) is 5.97. The Balaban J connectivity index is 4.26. The number of aliphatic carboxylic acids is 1. The molecule has 0 spiro atoms. The zero-order valence-corrected chi connectivity index (χ0v) is 9.71. The molecule has 0 unspecified atom stereocenters. The van der Waals surface area contributed by atoms with Crippen LogP contribution in [0.3, 0.4) is 0 Å². The van der Waals surface area contributed by atoms with Gasteiger partial charge in [0.25, 0.3) is 0 Å². The van der Waals surface area contributed by atoms with Crippen molar-refractivity contribution in [2.24, 2.45) is 0 Å². The number of esters is 1. The number of carbonyl (C=O) groups is 2. The molecule has 0 aromatic heterocycles. The van der Waals surface area contributed by atoms with Crippen molar-refractivity contribution in [2.75, 3.05) is 0 Å². The van der Waals surface area contributed by atoms with Crippen LogP contribution in [0.1, 0.15) is 52.9 Å². The fourth-order valence-electron chi connectivity index (χ4n) is 1.72. The van der Waals surface area contributed by atoms with Crippen LogP contribution in [0.5, 0.6) is 0 Å². The van der Waals surface area contributed by atoms with Gasteiger partial charge in [-0.2, -0.15) is 0 Å². The highest BCUT2D eigenvalue weighted by atomic mass is 16.6. The van der Waals surface area contributed by atoms with Crippen molar-refractivity contribution >= 4 is 11.9 Å². The van der Waals surface area contributed by atoms with Gasteiger partial charge in [-0.1, -0.05) is 26.7 Å². The second kappa shape index (κ2) is 6.43. The zero-order valence-electron chi connectivity index (χ0n) is 9.71. The minimum atomic E-state index is -1.14. The van der Waals surface area contributed by atoms with Gasteiger partial charge in [0.2, 0.25) is 0 Å². The van der Waals surface area contributed by atoms with E-state index in [-0.39, 0.29) is 0 Å². The molecule has 0 amide bonds. The maximum Gasteiger partial charge on any atom is 0.317 e. The van der Waals surface area contributed by atoms with Crippen LogP contribution in [0.2, 0.25) is 0 Å². The SMILES string of the molecule is CCCC(C)(CCC)OC(=O)CC(=O)O. The van der Waals surface area contributed by atoms with Crippen molar-refractivity contribution in [2.45, 2.75) is 58.5 Å². The first-order valence-corrected chi connectivity index (χ1v) is 5.37. The van der Waals surface area contributed by atoms with Crippen LogP contribution in [0.15, 0.2) is 0 Å². The number of carboxylic acid groups (broad SMARTS) is 1. The third kappa shape index (κ3) is 6.10. The second-order valence-corrected chi connectivity index (χ2v) is 3.99. The number of hydrogen-bond donors (Lipinski definition) is 1. The standard InChI is InChI=1S/C11H20O4/c1-4-6-11(3,7-5-2)15-10(14)8-9(12)13/h4-8H2,1-3H3,(H,12,13). The van der Waals surface area contributed by atoms with Gasteiger partial charge in [-0.3, -0.25) is 9.59 Å². The Morgan fingerprint density at radius 3 is 2.00 bits per heavy atom. The predicted octanol–water partition coefficient (Wildman–Crippen LogP) is 2.36. The number of carboxylic acids is 1. The second-order valence-electron chi connectivity index (χ2n) is 3.99. The van der Waals surface area contributed by atoms with Gasteiger partial charge in [0.15, 0.2) is 0 Å². The van der Waals surface area contributed by atoms with E-state index in [0.29, 0.717) is 0 Å². The van der Waals surface area contributed by atoms with Crippen molar-refractivity contribution < 1.29 is 19.4 Å². The first-order chi connectivity index (χ1) is 6.93. The van der Waals surface area contributed by atoms with Gasteiger partial charge < -0.3 is 9.84 Å². The van der Waals surface area contributed by atoms with Crippen LogP contribution in [-0.2, 0) is 14.3 Å². The van der Waals surface area contributed by atoms with Crippen LogP contribution in [0, 0.1) is 0 Å². The van der Waals surface area contributed by atoms with Gasteiger partial charge in [0.05, 0.1) is 0 Å². The lowest BCUT2D eigenvalue weighted by Crippen LogP contribution is -2.32. The van der Waals surface area contributed by atoms with Gasteiger partial charge in [-0.15, -0.1) is 0 Å². The summed E-state index contributed by atoms with van der Waals surface area (Å²) in [6.07, 6.45) is 2.81. The summed E-state index contributed by atoms with van der Waals surface area (Å²) in [7, 11) is 0. The Labute approximate surface area is 90.6 Å². The van der Waals surface area contributed by atoms with Crippen LogP contribution in [-0.4, -0.2) is 22.6 Å². The lowest BCUT2D eigenvalue weighted by Gasteiger charge is -2.28. The average molecular weight is 216 g/mol. The van der Waals surface area contributed by atoms with Crippen LogP contribution >= 0.6 is 0 Å². The summed E-state index contributed by atoms with van der Waals surface area (Å²) in [5, 5.41) is 8.44. The third-order valence-electron chi connectivity index (χ3n) is 2.21. The maximum atomic E-state index is 11.2. The molecule has 4 nitrogen and oxygen atoms in total.